The van der Waals surface area contributed by atoms with Crippen LogP contribution in [-0.4, -0.2) is 61.0 Å². The number of nitrogens with one attached hydrogen (secondary N) is 2. The minimum atomic E-state index is -0.482. The summed E-state index contributed by atoms with van der Waals surface area (Å²) in [6.07, 6.45) is 4.28. The van der Waals surface area contributed by atoms with Crippen molar-refractivity contribution < 1.29 is 23.9 Å². The van der Waals surface area contributed by atoms with Crippen molar-refractivity contribution in [3.63, 3.8) is 0 Å². The Balaban J connectivity index is 1.32. The van der Waals surface area contributed by atoms with Crippen LogP contribution in [0.4, 0.5) is 5.69 Å². The molecule has 2 aromatic carbocycles. The number of pyridine rings is 2. The predicted octanol–water partition coefficient (Wildman–Crippen LogP) is 5.38. The molecule has 0 aliphatic heterocycles. The van der Waals surface area contributed by atoms with Crippen LogP contribution in [0.3, 0.4) is 0 Å². The van der Waals surface area contributed by atoms with Crippen molar-refractivity contribution >= 4 is 63.6 Å². The Labute approximate surface area is 271 Å². The Morgan fingerprint density at radius 3 is 2.60 bits per heavy atom. The maximum Gasteiger partial charge on any atom is 0.269 e. The third-order valence-electron chi connectivity index (χ3n) is 6.69. The van der Waals surface area contributed by atoms with E-state index in [0.717, 1.165) is 16.6 Å². The fraction of sp³-hybridized carbons (Fsp3) is 0.242. The quantitative estimate of drug-likeness (QED) is 0.147. The van der Waals surface area contributed by atoms with E-state index >= 15 is 0 Å². The summed E-state index contributed by atoms with van der Waals surface area (Å²) in [5, 5.41) is 6.86. The fourth-order valence-corrected chi connectivity index (χ4v) is 4.82. The van der Waals surface area contributed by atoms with Gasteiger partial charge in [-0.05, 0) is 55.8 Å². The topological polar surface area (TPSA) is 123 Å². The van der Waals surface area contributed by atoms with Crippen molar-refractivity contribution in [1.82, 2.24) is 20.6 Å². The van der Waals surface area contributed by atoms with Crippen molar-refractivity contribution in [3.8, 4) is 5.75 Å². The molecule has 234 valence electrons. The van der Waals surface area contributed by atoms with Gasteiger partial charge in [-0.25, -0.2) is 4.98 Å². The summed E-state index contributed by atoms with van der Waals surface area (Å²) in [7, 11) is 1.56. The van der Waals surface area contributed by atoms with Crippen molar-refractivity contribution in [3.05, 3.63) is 99.4 Å². The van der Waals surface area contributed by atoms with E-state index in [9.17, 15) is 14.4 Å². The number of ether oxygens (including phenoxy) is 2. The van der Waals surface area contributed by atoms with Gasteiger partial charge in [0.25, 0.3) is 5.91 Å². The number of aromatic nitrogens is 2. The van der Waals surface area contributed by atoms with E-state index in [-0.39, 0.29) is 29.8 Å². The van der Waals surface area contributed by atoms with Crippen LogP contribution in [0, 0.1) is 6.92 Å². The molecule has 0 spiro atoms. The van der Waals surface area contributed by atoms with E-state index in [1.54, 1.807) is 31.3 Å². The van der Waals surface area contributed by atoms with Crippen LogP contribution in [0.1, 0.15) is 34.2 Å². The molecule has 0 bridgehead atoms. The number of amides is 3. The summed E-state index contributed by atoms with van der Waals surface area (Å²) in [5.74, 6) is -0.615. The first-order chi connectivity index (χ1) is 21.7. The van der Waals surface area contributed by atoms with Gasteiger partial charge in [0.05, 0.1) is 23.9 Å². The predicted molar refractivity (Wildman–Crippen MR) is 176 cm³/mol. The Morgan fingerprint density at radius 2 is 1.84 bits per heavy atom. The first kappa shape index (κ1) is 33.4. The smallest absolute Gasteiger partial charge is 0.269 e. The van der Waals surface area contributed by atoms with Gasteiger partial charge in [0.2, 0.25) is 11.8 Å². The summed E-state index contributed by atoms with van der Waals surface area (Å²) in [4.78, 5) is 47.5. The van der Waals surface area contributed by atoms with Crippen LogP contribution >= 0.6 is 23.2 Å². The summed E-state index contributed by atoms with van der Waals surface area (Å²) >= 11 is 13.2. The second kappa shape index (κ2) is 16.0. The summed E-state index contributed by atoms with van der Waals surface area (Å²) in [6, 6.07) is 16.1. The Bertz CT molecular complexity index is 1710. The van der Waals surface area contributed by atoms with E-state index in [4.69, 9.17) is 32.7 Å². The van der Waals surface area contributed by atoms with E-state index in [2.05, 4.69) is 20.6 Å². The number of hydrogen-bond acceptors (Lipinski definition) is 7. The number of carbonyl (C=O) groups is 3. The molecular weight excluding hydrogens is 617 g/mol. The minimum absolute atomic E-state index is 0.0538. The zero-order chi connectivity index (χ0) is 32.3. The summed E-state index contributed by atoms with van der Waals surface area (Å²) in [5.41, 5.74) is 3.36. The first-order valence-corrected chi connectivity index (χ1v) is 14.9. The maximum atomic E-state index is 12.9. The molecule has 4 aromatic rings. The zero-order valence-electron chi connectivity index (χ0n) is 25.1. The molecule has 3 amide bonds. The lowest BCUT2D eigenvalue weighted by Gasteiger charge is -2.21. The Hall–Kier alpha value is -4.51. The minimum Gasteiger partial charge on any atom is -0.487 e. The van der Waals surface area contributed by atoms with Crippen LogP contribution in [0.15, 0.2) is 66.9 Å². The van der Waals surface area contributed by atoms with E-state index in [0.29, 0.717) is 47.3 Å². The number of hydrogen-bond donors (Lipinski definition) is 2. The third-order valence-corrected chi connectivity index (χ3v) is 7.47. The lowest BCUT2D eigenvalue weighted by Crippen LogP contribution is -2.37. The highest BCUT2D eigenvalue weighted by molar-refractivity contribution is 6.38. The lowest BCUT2D eigenvalue weighted by molar-refractivity contribution is -0.122. The molecule has 0 unspecified atom stereocenters. The molecule has 2 heterocycles. The van der Waals surface area contributed by atoms with E-state index < -0.39 is 11.8 Å². The number of benzene rings is 2. The summed E-state index contributed by atoms with van der Waals surface area (Å²) in [6.45, 7) is 4.95. The monoisotopic (exact) mass is 649 g/mol. The number of carbonyl (C=O) groups excluding carboxylic acids is 3. The molecule has 4 rings (SSSR count). The van der Waals surface area contributed by atoms with Crippen molar-refractivity contribution in [1.29, 1.82) is 0 Å². The van der Waals surface area contributed by atoms with Gasteiger partial charge < -0.3 is 25.0 Å². The molecule has 0 atom stereocenters. The van der Waals surface area contributed by atoms with Gasteiger partial charge >= 0.3 is 0 Å². The van der Waals surface area contributed by atoms with Gasteiger partial charge in [-0.1, -0.05) is 47.5 Å². The number of likely N-dealkylation sites (N-methyl/N-ethyl adjacent to an activating group) is 1. The average molecular weight is 651 g/mol. The van der Waals surface area contributed by atoms with Crippen molar-refractivity contribution in [2.75, 3.05) is 38.3 Å². The number of anilines is 1. The van der Waals surface area contributed by atoms with E-state index in [1.807, 2.05) is 44.2 Å². The van der Waals surface area contributed by atoms with Crippen molar-refractivity contribution in [2.45, 2.75) is 20.5 Å². The number of para-hydroxylation sites is 1. The number of fused-ring (bicyclic) bond motifs is 1. The number of rotatable bonds is 13. The van der Waals surface area contributed by atoms with Crippen LogP contribution < -0.4 is 20.3 Å². The van der Waals surface area contributed by atoms with Crippen LogP contribution in [0.5, 0.6) is 5.75 Å². The fourth-order valence-electron chi connectivity index (χ4n) is 4.22. The third kappa shape index (κ3) is 9.01. The van der Waals surface area contributed by atoms with Gasteiger partial charge in [0.1, 0.15) is 23.6 Å². The average Bonchev–Trinajstić information content (AvgIpc) is 3.04. The SMILES string of the molecule is CCOCCNC(=O)c1ccc(C=CC(=O)NCC(=O)N(C)c2ccc(Cl)c(COc3cccc4ccc(C)nc34)c2Cl)cn1. The molecule has 0 saturated carbocycles. The molecule has 0 aliphatic carbocycles. The van der Waals surface area contributed by atoms with Crippen LogP contribution in [0.2, 0.25) is 10.0 Å². The van der Waals surface area contributed by atoms with Gasteiger partial charge in [-0.2, -0.15) is 0 Å². The highest BCUT2D eigenvalue weighted by Crippen LogP contribution is 2.35. The van der Waals surface area contributed by atoms with Gasteiger partial charge in [0.15, 0.2) is 0 Å². The van der Waals surface area contributed by atoms with Gasteiger partial charge in [0, 0.05) is 54.1 Å². The highest BCUT2D eigenvalue weighted by Gasteiger charge is 2.19. The first-order valence-electron chi connectivity index (χ1n) is 14.2. The van der Waals surface area contributed by atoms with Crippen LogP contribution in [-0.2, 0) is 20.9 Å². The standard InChI is InChI=1S/C33H33Cl2N5O5/c1-4-44-17-16-36-33(43)26-13-9-22(18-37-26)10-15-29(41)38-19-30(42)40(3)27-14-12-25(34)24(31(27)35)20-45-28-7-5-6-23-11-8-21(2)39-32(23)28/h5-15,18H,4,16-17,19-20H2,1-3H3,(H,36,43)(H,38,41). The molecule has 0 fully saturated rings. The number of halogens is 2. The molecule has 0 aliphatic rings. The maximum absolute atomic E-state index is 12.9. The molecule has 0 radical (unpaired) electrons. The molecule has 2 aromatic heterocycles. The highest BCUT2D eigenvalue weighted by atomic mass is 35.5. The molecule has 45 heavy (non-hydrogen) atoms. The lowest BCUT2D eigenvalue weighted by atomic mass is 10.1. The van der Waals surface area contributed by atoms with Crippen molar-refractivity contribution in [2.24, 2.45) is 0 Å². The second-order valence-electron chi connectivity index (χ2n) is 9.86. The normalized spacial score (nSPS) is 11.0. The zero-order valence-corrected chi connectivity index (χ0v) is 26.6. The molecule has 12 heteroatoms. The molecular formula is C33H33Cl2N5O5. The largest absolute Gasteiger partial charge is 0.487 e. The second-order valence-corrected chi connectivity index (χ2v) is 10.6. The van der Waals surface area contributed by atoms with Crippen LogP contribution in [0.25, 0.3) is 17.0 Å². The molecule has 2 N–H and O–H groups in total. The summed E-state index contributed by atoms with van der Waals surface area (Å²) < 4.78 is 11.3. The Morgan fingerprint density at radius 1 is 1.02 bits per heavy atom. The Kier molecular flexibility index (Phi) is 11.9. The van der Waals surface area contributed by atoms with E-state index in [1.165, 1.54) is 23.2 Å². The van der Waals surface area contributed by atoms with Gasteiger partial charge in [-0.15, -0.1) is 0 Å². The number of aryl methyl sites for hydroxylation is 1. The van der Waals surface area contributed by atoms with Gasteiger partial charge in [-0.3, -0.25) is 19.4 Å². The number of nitrogens with zero attached hydrogens (tertiary/aromatic N) is 3. The molecule has 0 saturated heterocycles. The molecule has 10 nitrogen and oxygen atoms in total.